The highest BCUT2D eigenvalue weighted by molar-refractivity contribution is 8.18. The molecule has 2 aromatic rings. The normalized spacial score (nSPS) is 15.7. The average Bonchev–Trinajstić information content (AvgIpc) is 2.84. The van der Waals surface area contributed by atoms with Gasteiger partial charge in [0.2, 0.25) is 0 Å². The fourth-order valence-electron chi connectivity index (χ4n) is 2.38. The van der Waals surface area contributed by atoms with Crippen LogP contribution in [0.15, 0.2) is 47.4 Å². The van der Waals surface area contributed by atoms with Gasteiger partial charge in [-0.1, -0.05) is 29.8 Å². The standard InChI is InChI=1S/C17H11ClN2O5S/c18-12-3-1-2-11(6-12)9-19-16(22)15(26-17(19)23)8-10-4-5-14(21)13(7-10)20(24)25/h1-8,21H,9H2/b15-8-. The lowest BCUT2D eigenvalue weighted by Crippen LogP contribution is -2.27. The summed E-state index contributed by atoms with van der Waals surface area (Å²) >= 11 is 6.66. The van der Waals surface area contributed by atoms with Gasteiger partial charge >= 0.3 is 5.69 Å². The number of nitro groups is 1. The van der Waals surface area contributed by atoms with E-state index in [0.29, 0.717) is 16.1 Å². The number of halogens is 1. The first kappa shape index (κ1) is 18.0. The molecule has 1 aliphatic rings. The van der Waals surface area contributed by atoms with Crippen LogP contribution in [-0.4, -0.2) is 26.1 Å². The van der Waals surface area contributed by atoms with Crippen LogP contribution in [-0.2, 0) is 11.3 Å². The molecule has 1 fully saturated rings. The van der Waals surface area contributed by atoms with E-state index in [1.165, 1.54) is 18.2 Å². The number of rotatable bonds is 4. The van der Waals surface area contributed by atoms with E-state index in [2.05, 4.69) is 0 Å². The fraction of sp³-hybridized carbons (Fsp3) is 0.0588. The minimum Gasteiger partial charge on any atom is -0.502 e. The van der Waals surface area contributed by atoms with Crippen LogP contribution < -0.4 is 0 Å². The SMILES string of the molecule is O=C1S/C(=C\c2ccc(O)c([N+](=O)[O-])c2)C(=O)N1Cc1cccc(Cl)c1. The zero-order valence-electron chi connectivity index (χ0n) is 13.1. The Morgan fingerprint density at radius 3 is 2.69 bits per heavy atom. The molecule has 9 heteroatoms. The largest absolute Gasteiger partial charge is 0.502 e. The molecule has 0 radical (unpaired) electrons. The number of carbonyl (C=O) groups is 2. The highest BCUT2D eigenvalue weighted by Crippen LogP contribution is 2.35. The lowest BCUT2D eigenvalue weighted by atomic mass is 10.1. The molecular weight excluding hydrogens is 380 g/mol. The lowest BCUT2D eigenvalue weighted by Gasteiger charge is -2.12. The molecule has 1 heterocycles. The molecule has 7 nitrogen and oxygen atoms in total. The van der Waals surface area contributed by atoms with E-state index in [9.17, 15) is 24.8 Å². The first-order chi connectivity index (χ1) is 12.3. The molecule has 0 bridgehead atoms. The minimum atomic E-state index is -0.725. The molecule has 0 spiro atoms. The molecule has 1 aliphatic heterocycles. The topological polar surface area (TPSA) is 101 Å². The van der Waals surface area contributed by atoms with E-state index >= 15 is 0 Å². The van der Waals surface area contributed by atoms with Crippen molar-refractivity contribution in [1.29, 1.82) is 0 Å². The predicted molar refractivity (Wildman–Crippen MR) is 97.7 cm³/mol. The summed E-state index contributed by atoms with van der Waals surface area (Å²) in [6, 6.07) is 10.6. The Morgan fingerprint density at radius 1 is 1.23 bits per heavy atom. The second-order valence-electron chi connectivity index (χ2n) is 5.40. The number of phenolic OH excluding ortho intramolecular Hbond substituents is 1. The third kappa shape index (κ3) is 3.71. The average molecular weight is 391 g/mol. The number of aromatic hydroxyl groups is 1. The first-order valence-electron chi connectivity index (χ1n) is 7.32. The zero-order valence-corrected chi connectivity index (χ0v) is 14.7. The monoisotopic (exact) mass is 390 g/mol. The van der Waals surface area contributed by atoms with Crippen molar-refractivity contribution in [3.63, 3.8) is 0 Å². The van der Waals surface area contributed by atoms with Crippen molar-refractivity contribution in [2.75, 3.05) is 0 Å². The number of nitrogens with zero attached hydrogens (tertiary/aromatic N) is 2. The summed E-state index contributed by atoms with van der Waals surface area (Å²) in [5.41, 5.74) is 0.570. The van der Waals surface area contributed by atoms with Gasteiger partial charge in [0.1, 0.15) is 0 Å². The second kappa shape index (κ2) is 7.19. The van der Waals surface area contributed by atoms with Crippen molar-refractivity contribution in [2.45, 2.75) is 6.54 Å². The maximum Gasteiger partial charge on any atom is 0.311 e. The summed E-state index contributed by atoms with van der Waals surface area (Å²) in [6.45, 7) is 0.0816. The van der Waals surface area contributed by atoms with E-state index in [1.807, 2.05) is 0 Å². The van der Waals surface area contributed by atoms with Gasteiger partial charge in [-0.3, -0.25) is 24.6 Å². The molecule has 2 aromatic carbocycles. The van der Waals surface area contributed by atoms with Gasteiger partial charge in [0.15, 0.2) is 5.75 Å². The van der Waals surface area contributed by atoms with Crippen molar-refractivity contribution < 1.29 is 19.6 Å². The molecule has 26 heavy (non-hydrogen) atoms. The zero-order chi connectivity index (χ0) is 18.8. The van der Waals surface area contributed by atoms with Crippen molar-refractivity contribution in [2.24, 2.45) is 0 Å². The van der Waals surface area contributed by atoms with E-state index in [0.717, 1.165) is 22.7 Å². The molecule has 0 atom stereocenters. The molecule has 0 unspecified atom stereocenters. The van der Waals surface area contributed by atoms with Crippen molar-refractivity contribution in [3.05, 3.63) is 73.6 Å². The van der Waals surface area contributed by atoms with Gasteiger partial charge in [-0.2, -0.15) is 0 Å². The number of imide groups is 1. The van der Waals surface area contributed by atoms with Gasteiger partial charge in [-0.15, -0.1) is 0 Å². The van der Waals surface area contributed by atoms with Gasteiger partial charge in [-0.25, -0.2) is 0 Å². The summed E-state index contributed by atoms with van der Waals surface area (Å²) in [5.74, 6) is -0.961. The summed E-state index contributed by atoms with van der Waals surface area (Å²) in [5, 5.41) is 20.4. The van der Waals surface area contributed by atoms with Gasteiger partial charge in [0.25, 0.3) is 11.1 Å². The third-order valence-corrected chi connectivity index (χ3v) is 4.74. The van der Waals surface area contributed by atoms with Crippen LogP contribution in [0.1, 0.15) is 11.1 Å². The Kier molecular flexibility index (Phi) is 4.97. The number of nitro benzene ring substituents is 1. The molecule has 3 rings (SSSR count). The highest BCUT2D eigenvalue weighted by Gasteiger charge is 2.35. The number of amides is 2. The van der Waals surface area contributed by atoms with Crippen LogP contribution in [0.4, 0.5) is 10.5 Å². The van der Waals surface area contributed by atoms with Crippen LogP contribution >= 0.6 is 23.4 Å². The quantitative estimate of drug-likeness (QED) is 0.477. The fourth-order valence-corrected chi connectivity index (χ4v) is 3.43. The highest BCUT2D eigenvalue weighted by atomic mass is 35.5. The molecular formula is C17H11ClN2O5S. The van der Waals surface area contributed by atoms with Crippen molar-refractivity contribution >= 4 is 46.3 Å². The van der Waals surface area contributed by atoms with Gasteiger partial charge in [-0.05, 0) is 47.2 Å². The van der Waals surface area contributed by atoms with E-state index < -0.39 is 27.5 Å². The van der Waals surface area contributed by atoms with E-state index in [-0.39, 0.29) is 11.4 Å². The molecule has 132 valence electrons. The number of hydrogen-bond acceptors (Lipinski definition) is 6. The summed E-state index contributed by atoms with van der Waals surface area (Å²) in [4.78, 5) is 36.0. The van der Waals surface area contributed by atoms with Crippen LogP contribution in [0, 0.1) is 10.1 Å². The van der Waals surface area contributed by atoms with E-state index in [4.69, 9.17) is 11.6 Å². The Bertz CT molecular complexity index is 960. The third-order valence-electron chi connectivity index (χ3n) is 3.60. The molecule has 0 saturated carbocycles. The number of thioether (sulfide) groups is 1. The van der Waals surface area contributed by atoms with Gasteiger partial charge in [0, 0.05) is 11.1 Å². The molecule has 0 aliphatic carbocycles. The van der Waals surface area contributed by atoms with Gasteiger partial charge in [0.05, 0.1) is 16.4 Å². The molecule has 2 amide bonds. The first-order valence-corrected chi connectivity index (χ1v) is 8.52. The summed E-state index contributed by atoms with van der Waals surface area (Å²) in [7, 11) is 0. The maximum absolute atomic E-state index is 12.5. The Morgan fingerprint density at radius 2 is 2.00 bits per heavy atom. The molecule has 0 aromatic heterocycles. The smallest absolute Gasteiger partial charge is 0.311 e. The van der Waals surface area contributed by atoms with Crippen LogP contribution in [0.3, 0.4) is 0 Å². The molecule has 1 saturated heterocycles. The number of hydrogen-bond donors (Lipinski definition) is 1. The van der Waals surface area contributed by atoms with Gasteiger partial charge < -0.3 is 5.11 Å². The van der Waals surface area contributed by atoms with Crippen LogP contribution in [0.25, 0.3) is 6.08 Å². The Balaban J connectivity index is 1.85. The number of benzene rings is 2. The van der Waals surface area contributed by atoms with E-state index in [1.54, 1.807) is 24.3 Å². The van der Waals surface area contributed by atoms with Crippen LogP contribution in [0.5, 0.6) is 5.75 Å². The van der Waals surface area contributed by atoms with Crippen molar-refractivity contribution in [3.8, 4) is 5.75 Å². The van der Waals surface area contributed by atoms with Crippen molar-refractivity contribution in [1.82, 2.24) is 4.90 Å². The maximum atomic E-state index is 12.5. The predicted octanol–water partition coefficient (Wildman–Crippen LogP) is 4.19. The second-order valence-corrected chi connectivity index (χ2v) is 6.83. The Labute approximate surface area is 157 Å². The summed E-state index contributed by atoms with van der Waals surface area (Å²) < 4.78 is 0. The lowest BCUT2D eigenvalue weighted by molar-refractivity contribution is -0.385. The minimum absolute atomic E-state index is 0.0816. The molecule has 1 N–H and O–H groups in total. The number of carbonyl (C=O) groups excluding carboxylic acids is 2. The summed E-state index contributed by atoms with van der Waals surface area (Å²) in [6.07, 6.45) is 1.38. The Hall–Kier alpha value is -2.84. The number of phenols is 1. The van der Waals surface area contributed by atoms with Crippen LogP contribution in [0.2, 0.25) is 5.02 Å².